The van der Waals surface area contributed by atoms with Crippen molar-refractivity contribution in [1.29, 1.82) is 0 Å². The molecule has 4 nitrogen and oxygen atoms in total. The second-order valence-electron chi connectivity index (χ2n) is 18.2. The molecule has 0 saturated carbocycles. The van der Waals surface area contributed by atoms with Crippen molar-refractivity contribution in [3.63, 3.8) is 0 Å². The molecule has 6 aromatic carbocycles. The van der Waals surface area contributed by atoms with Gasteiger partial charge in [-0.05, 0) is 164 Å². The van der Waals surface area contributed by atoms with E-state index < -0.39 is 11.9 Å². The van der Waals surface area contributed by atoms with E-state index in [4.69, 9.17) is 5.11 Å². The van der Waals surface area contributed by atoms with Crippen LogP contribution < -0.4 is 0 Å². The van der Waals surface area contributed by atoms with Crippen molar-refractivity contribution in [2.75, 3.05) is 0 Å². The SMILES string of the molecule is C/C(=C\c1ccc(C(=O)O)cc1)c1ccc2c(c1)C(C)(C)CCC2(C)C.Cc1ccc(C2=CCC(C)(C)c3cc4ccc(-c5ccc(C(=O)O)cc5)cc4cc32)cc1. The molecule has 0 aromatic heterocycles. The van der Waals surface area contributed by atoms with Gasteiger partial charge in [-0.2, -0.15) is 0 Å². The number of carboxylic acid groups (broad SMARTS) is 2. The number of hydrogen-bond donors (Lipinski definition) is 2. The van der Waals surface area contributed by atoms with Crippen LogP contribution in [-0.4, -0.2) is 22.2 Å². The van der Waals surface area contributed by atoms with Gasteiger partial charge in [-0.1, -0.05) is 138 Å². The minimum absolute atomic E-state index is 0.0864. The average molecular weight is 767 g/mol. The van der Waals surface area contributed by atoms with Crippen molar-refractivity contribution in [2.24, 2.45) is 0 Å². The maximum absolute atomic E-state index is 11.2. The first-order chi connectivity index (χ1) is 27.4. The Morgan fingerprint density at radius 2 is 1.09 bits per heavy atom. The van der Waals surface area contributed by atoms with Gasteiger partial charge in [-0.25, -0.2) is 9.59 Å². The van der Waals surface area contributed by atoms with E-state index in [2.05, 4.69) is 140 Å². The zero-order valence-corrected chi connectivity index (χ0v) is 35.0. The molecule has 294 valence electrons. The highest BCUT2D eigenvalue weighted by molar-refractivity contribution is 5.95. The number of allylic oxidation sites excluding steroid dienone is 2. The molecule has 2 aliphatic rings. The first kappa shape index (κ1) is 40.2. The highest BCUT2D eigenvalue weighted by atomic mass is 16.4. The zero-order valence-electron chi connectivity index (χ0n) is 35.0. The molecule has 0 saturated heterocycles. The van der Waals surface area contributed by atoms with E-state index in [1.54, 1.807) is 24.3 Å². The van der Waals surface area contributed by atoms with Crippen LogP contribution in [0.2, 0.25) is 0 Å². The van der Waals surface area contributed by atoms with E-state index in [9.17, 15) is 14.7 Å². The molecule has 6 aromatic rings. The van der Waals surface area contributed by atoms with Crippen molar-refractivity contribution < 1.29 is 19.8 Å². The third-order valence-corrected chi connectivity index (χ3v) is 12.5. The van der Waals surface area contributed by atoms with Gasteiger partial charge in [0.25, 0.3) is 0 Å². The third-order valence-electron chi connectivity index (χ3n) is 12.5. The van der Waals surface area contributed by atoms with Crippen LogP contribution in [0.25, 0.3) is 39.1 Å². The first-order valence-electron chi connectivity index (χ1n) is 20.3. The molecule has 2 N–H and O–H groups in total. The van der Waals surface area contributed by atoms with E-state index in [-0.39, 0.29) is 16.2 Å². The average Bonchev–Trinajstić information content (AvgIpc) is 3.20. The van der Waals surface area contributed by atoms with Gasteiger partial charge in [0.15, 0.2) is 0 Å². The number of benzene rings is 6. The molecule has 8 rings (SSSR count). The monoisotopic (exact) mass is 766 g/mol. The van der Waals surface area contributed by atoms with Crippen LogP contribution in [0.3, 0.4) is 0 Å². The van der Waals surface area contributed by atoms with Crippen molar-refractivity contribution in [3.8, 4) is 11.1 Å². The molecule has 0 amide bonds. The van der Waals surface area contributed by atoms with Crippen LogP contribution in [0.5, 0.6) is 0 Å². The largest absolute Gasteiger partial charge is 0.478 e. The smallest absolute Gasteiger partial charge is 0.335 e. The fourth-order valence-electron chi connectivity index (χ4n) is 8.54. The fraction of sp³-hybridized carbons (Fsp3) is 0.259. The Labute approximate surface area is 343 Å². The summed E-state index contributed by atoms with van der Waals surface area (Å²) >= 11 is 0. The molecule has 0 unspecified atom stereocenters. The molecule has 2 aliphatic carbocycles. The number of hydrogen-bond acceptors (Lipinski definition) is 2. The van der Waals surface area contributed by atoms with Crippen molar-refractivity contribution in [1.82, 2.24) is 0 Å². The molecular formula is C54H54O4. The van der Waals surface area contributed by atoms with Crippen LogP contribution in [0.4, 0.5) is 0 Å². The highest BCUT2D eigenvalue weighted by Crippen LogP contribution is 2.47. The Hall–Kier alpha value is -6.00. The van der Waals surface area contributed by atoms with Gasteiger partial charge >= 0.3 is 11.9 Å². The summed E-state index contributed by atoms with van der Waals surface area (Å²) in [6.07, 6.45) is 7.94. The van der Waals surface area contributed by atoms with E-state index in [1.165, 1.54) is 73.7 Å². The molecule has 0 atom stereocenters. The predicted octanol–water partition coefficient (Wildman–Crippen LogP) is 13.9. The minimum atomic E-state index is -0.903. The van der Waals surface area contributed by atoms with Gasteiger partial charge in [-0.3, -0.25) is 0 Å². The molecule has 0 heterocycles. The zero-order chi connectivity index (χ0) is 41.6. The van der Waals surface area contributed by atoms with Gasteiger partial charge < -0.3 is 10.2 Å². The predicted molar refractivity (Wildman–Crippen MR) is 241 cm³/mol. The van der Waals surface area contributed by atoms with Crippen LogP contribution in [0.15, 0.2) is 127 Å². The van der Waals surface area contributed by atoms with Gasteiger partial charge in [-0.15, -0.1) is 0 Å². The number of rotatable bonds is 6. The number of fused-ring (bicyclic) bond motifs is 3. The second-order valence-corrected chi connectivity index (χ2v) is 18.2. The molecule has 0 radical (unpaired) electrons. The van der Waals surface area contributed by atoms with Crippen LogP contribution in [0, 0.1) is 6.92 Å². The van der Waals surface area contributed by atoms with E-state index >= 15 is 0 Å². The second kappa shape index (κ2) is 15.4. The molecule has 0 fully saturated rings. The summed E-state index contributed by atoms with van der Waals surface area (Å²) < 4.78 is 0. The number of carboxylic acids is 2. The summed E-state index contributed by atoms with van der Waals surface area (Å²) in [6.45, 7) is 18.2. The lowest BCUT2D eigenvalue weighted by atomic mass is 9.63. The van der Waals surface area contributed by atoms with Crippen molar-refractivity contribution in [3.05, 3.63) is 183 Å². The van der Waals surface area contributed by atoms with Gasteiger partial charge in [0, 0.05) is 0 Å². The number of aromatic carboxylic acids is 2. The Bertz CT molecular complexity index is 2600. The van der Waals surface area contributed by atoms with Crippen LogP contribution in [0.1, 0.15) is 133 Å². The summed E-state index contributed by atoms with van der Waals surface area (Å²) in [5.41, 5.74) is 16.1. The lowest BCUT2D eigenvalue weighted by molar-refractivity contribution is 0.0686. The summed E-state index contributed by atoms with van der Waals surface area (Å²) in [7, 11) is 0. The molecule has 0 bridgehead atoms. The molecule has 0 aliphatic heterocycles. The normalized spacial score (nSPS) is 16.3. The van der Waals surface area contributed by atoms with E-state index in [0.717, 1.165) is 23.1 Å². The van der Waals surface area contributed by atoms with E-state index in [1.807, 2.05) is 24.3 Å². The third kappa shape index (κ3) is 8.20. The lowest BCUT2D eigenvalue weighted by Gasteiger charge is -2.42. The number of aryl methyl sites for hydroxylation is 1. The minimum Gasteiger partial charge on any atom is -0.478 e. The Morgan fingerprint density at radius 3 is 1.71 bits per heavy atom. The first-order valence-corrected chi connectivity index (χ1v) is 20.3. The highest BCUT2D eigenvalue weighted by Gasteiger charge is 2.37. The standard InChI is InChI=1S/C30H26O2.C24H28O2/c1-19-4-6-21(7-5-19)26-14-15-30(2,3)28-18-24-13-12-23(16-25(24)17-27(26)28)20-8-10-22(11-9-20)29(31)32;1-16(14-17-6-8-18(9-7-17)22(25)26)19-10-11-20-21(15-19)24(4,5)13-12-23(20,2)3/h4-14,16-18H,15H2,1-3H3,(H,31,32);6-11,14-15H,12-13H2,1-5H3,(H,25,26)/b;16-14+. The van der Waals surface area contributed by atoms with Crippen molar-refractivity contribution >= 4 is 39.9 Å². The quantitative estimate of drug-likeness (QED) is 0.166. The molecule has 4 heteroatoms. The van der Waals surface area contributed by atoms with Crippen LogP contribution >= 0.6 is 0 Å². The van der Waals surface area contributed by atoms with E-state index in [0.29, 0.717) is 11.1 Å². The Balaban J connectivity index is 0.000000181. The van der Waals surface area contributed by atoms with Gasteiger partial charge in [0.1, 0.15) is 0 Å². The van der Waals surface area contributed by atoms with Crippen molar-refractivity contribution in [2.45, 2.75) is 90.9 Å². The summed E-state index contributed by atoms with van der Waals surface area (Å²) in [5.74, 6) is -1.79. The maximum atomic E-state index is 11.2. The number of carbonyl (C=O) groups is 2. The maximum Gasteiger partial charge on any atom is 0.335 e. The molecule has 0 spiro atoms. The fourth-order valence-corrected chi connectivity index (χ4v) is 8.54. The molecule has 58 heavy (non-hydrogen) atoms. The summed E-state index contributed by atoms with van der Waals surface area (Å²) in [6, 6.07) is 41.0. The lowest BCUT2D eigenvalue weighted by Crippen LogP contribution is -2.33. The van der Waals surface area contributed by atoms with Gasteiger partial charge in [0.2, 0.25) is 0 Å². The van der Waals surface area contributed by atoms with Crippen LogP contribution in [-0.2, 0) is 16.2 Å². The summed E-state index contributed by atoms with van der Waals surface area (Å²) in [5, 5.41) is 20.6. The summed E-state index contributed by atoms with van der Waals surface area (Å²) in [4.78, 5) is 22.2. The Morgan fingerprint density at radius 1 is 0.534 bits per heavy atom. The topological polar surface area (TPSA) is 74.6 Å². The Kier molecular flexibility index (Phi) is 10.7. The molecular weight excluding hydrogens is 713 g/mol. The van der Waals surface area contributed by atoms with Gasteiger partial charge in [0.05, 0.1) is 11.1 Å².